The van der Waals surface area contributed by atoms with E-state index in [1.807, 2.05) is 19.9 Å². The Morgan fingerprint density at radius 3 is 2.85 bits per heavy atom. The van der Waals surface area contributed by atoms with Crippen molar-refractivity contribution in [1.29, 1.82) is 0 Å². The Balaban J connectivity index is 2.10. The van der Waals surface area contributed by atoms with E-state index < -0.39 is 10.0 Å². The minimum atomic E-state index is -3.58. The minimum absolute atomic E-state index is 0.0451. The van der Waals surface area contributed by atoms with E-state index >= 15 is 0 Å². The summed E-state index contributed by atoms with van der Waals surface area (Å²) in [6, 6.07) is 5.47. The van der Waals surface area contributed by atoms with E-state index in [0.29, 0.717) is 23.9 Å². The number of imidazole rings is 1. The molecule has 2 N–H and O–H groups in total. The van der Waals surface area contributed by atoms with Gasteiger partial charge in [-0.05, 0) is 31.4 Å². The van der Waals surface area contributed by atoms with Gasteiger partial charge in [0, 0.05) is 18.8 Å². The Bertz CT molecular complexity index is 738. The van der Waals surface area contributed by atoms with Crippen LogP contribution in [0, 0.1) is 5.92 Å². The molecule has 0 spiro atoms. The number of aromatic nitrogens is 2. The largest absolute Gasteiger partial charge is 0.368 e. The van der Waals surface area contributed by atoms with Gasteiger partial charge in [-0.25, -0.2) is 18.1 Å². The second kappa shape index (κ2) is 4.75. The molecule has 7 heteroatoms. The molecule has 0 aliphatic heterocycles. The molecule has 108 valence electrons. The predicted molar refractivity (Wildman–Crippen MR) is 77.2 cm³/mol. The number of anilines is 1. The predicted octanol–water partition coefficient (Wildman–Crippen LogP) is 1.45. The van der Waals surface area contributed by atoms with Crippen molar-refractivity contribution in [3.63, 3.8) is 0 Å². The number of hydrogen-bond acceptors (Lipinski definition) is 4. The average Bonchev–Trinajstić information content (AvgIpc) is 2.93. The molecular formula is C13H18N4O2S. The molecule has 1 aliphatic rings. The number of hydrogen-bond donors (Lipinski definition) is 2. The lowest BCUT2D eigenvalue weighted by atomic mass is 10.5. The van der Waals surface area contributed by atoms with Gasteiger partial charge in [-0.1, -0.05) is 13.0 Å². The highest BCUT2D eigenvalue weighted by Crippen LogP contribution is 2.32. The Hall–Kier alpha value is -1.60. The first-order chi connectivity index (χ1) is 9.53. The molecule has 1 aliphatic carbocycles. The first-order valence-electron chi connectivity index (χ1n) is 6.76. The van der Waals surface area contributed by atoms with Crippen LogP contribution in [0.3, 0.4) is 0 Å². The summed E-state index contributed by atoms with van der Waals surface area (Å²) in [5.74, 6) is 0.811. The highest BCUT2D eigenvalue weighted by Gasteiger charge is 2.38. The maximum Gasteiger partial charge on any atom is 0.260 e. The van der Waals surface area contributed by atoms with E-state index in [4.69, 9.17) is 0 Å². The molecular weight excluding hydrogens is 276 g/mol. The molecule has 2 aromatic rings. The van der Waals surface area contributed by atoms with Crippen LogP contribution in [0.2, 0.25) is 0 Å². The molecule has 0 radical (unpaired) electrons. The fourth-order valence-electron chi connectivity index (χ4n) is 2.25. The molecule has 2 atom stereocenters. The van der Waals surface area contributed by atoms with Crippen LogP contribution in [0.1, 0.15) is 20.3 Å². The summed E-state index contributed by atoms with van der Waals surface area (Å²) < 4.78 is 29.5. The highest BCUT2D eigenvalue weighted by atomic mass is 32.2. The number of nitrogens with one attached hydrogen (secondary N) is 2. The Labute approximate surface area is 118 Å². The zero-order valence-corrected chi connectivity index (χ0v) is 12.3. The monoisotopic (exact) mass is 294 g/mol. The van der Waals surface area contributed by atoms with Crippen molar-refractivity contribution in [2.24, 2.45) is 5.92 Å². The minimum Gasteiger partial charge on any atom is -0.368 e. The summed E-state index contributed by atoms with van der Waals surface area (Å²) in [5, 5.41) is 3.21. The molecule has 20 heavy (non-hydrogen) atoms. The van der Waals surface area contributed by atoms with Gasteiger partial charge in [0.15, 0.2) is 10.8 Å². The van der Waals surface area contributed by atoms with Gasteiger partial charge in [0.25, 0.3) is 10.0 Å². The Kier molecular flexibility index (Phi) is 3.18. The first-order valence-corrected chi connectivity index (χ1v) is 8.24. The molecule has 1 fully saturated rings. The lowest BCUT2D eigenvalue weighted by molar-refractivity contribution is 0.573. The molecule has 0 saturated heterocycles. The average molecular weight is 294 g/mol. The molecule has 0 amide bonds. The van der Waals surface area contributed by atoms with Crippen LogP contribution in [0.4, 0.5) is 5.82 Å². The standard InChI is InChI=1S/C13H18N4O2S/c1-3-14-12-13(17-7-5-4-6-11(17)15-12)20(18,19)16-10-8-9(10)2/h4-7,9-10,14,16H,3,8H2,1-2H3. The van der Waals surface area contributed by atoms with Crippen LogP contribution >= 0.6 is 0 Å². The second-order valence-electron chi connectivity index (χ2n) is 5.17. The summed E-state index contributed by atoms with van der Waals surface area (Å²) in [6.07, 6.45) is 2.61. The quantitative estimate of drug-likeness (QED) is 0.875. The smallest absolute Gasteiger partial charge is 0.260 e. The van der Waals surface area contributed by atoms with Gasteiger partial charge in [0.05, 0.1) is 0 Å². The molecule has 0 bridgehead atoms. The number of rotatable bonds is 5. The Morgan fingerprint density at radius 2 is 2.20 bits per heavy atom. The lowest BCUT2D eigenvalue weighted by Gasteiger charge is -2.08. The van der Waals surface area contributed by atoms with Gasteiger partial charge >= 0.3 is 0 Å². The normalized spacial score (nSPS) is 22.1. The third kappa shape index (κ3) is 2.27. The SMILES string of the molecule is CCNc1nc2ccccn2c1S(=O)(=O)NC1CC1C. The number of nitrogens with zero attached hydrogens (tertiary/aromatic N) is 2. The van der Waals surface area contributed by atoms with Gasteiger partial charge < -0.3 is 5.32 Å². The second-order valence-corrected chi connectivity index (χ2v) is 6.79. The molecule has 2 unspecified atom stereocenters. The maximum absolute atomic E-state index is 12.6. The van der Waals surface area contributed by atoms with Crippen molar-refractivity contribution >= 4 is 21.5 Å². The first kappa shape index (κ1) is 13.4. The third-order valence-corrected chi connectivity index (χ3v) is 5.01. The van der Waals surface area contributed by atoms with Crippen molar-refractivity contribution in [1.82, 2.24) is 14.1 Å². The fourth-order valence-corrected chi connectivity index (χ4v) is 3.88. The number of sulfonamides is 1. The number of fused-ring (bicyclic) bond motifs is 1. The molecule has 3 rings (SSSR count). The van der Waals surface area contributed by atoms with Gasteiger partial charge in [-0.15, -0.1) is 0 Å². The molecule has 2 aromatic heterocycles. The summed E-state index contributed by atoms with van der Waals surface area (Å²) >= 11 is 0. The van der Waals surface area contributed by atoms with Gasteiger partial charge in [0.1, 0.15) is 5.65 Å². The van der Waals surface area contributed by atoms with Crippen LogP contribution in [-0.2, 0) is 10.0 Å². The van der Waals surface area contributed by atoms with Crippen LogP contribution < -0.4 is 10.0 Å². The van der Waals surface area contributed by atoms with E-state index in [-0.39, 0.29) is 11.1 Å². The van der Waals surface area contributed by atoms with E-state index in [9.17, 15) is 8.42 Å². The molecule has 0 aromatic carbocycles. The fraction of sp³-hybridized carbons (Fsp3) is 0.462. The number of pyridine rings is 1. The zero-order chi connectivity index (χ0) is 14.3. The van der Waals surface area contributed by atoms with Crippen molar-refractivity contribution in [3.8, 4) is 0 Å². The van der Waals surface area contributed by atoms with Crippen LogP contribution in [-0.4, -0.2) is 30.4 Å². The van der Waals surface area contributed by atoms with E-state index in [1.54, 1.807) is 22.7 Å². The van der Waals surface area contributed by atoms with Crippen LogP contribution in [0.5, 0.6) is 0 Å². The van der Waals surface area contributed by atoms with E-state index in [1.165, 1.54) is 0 Å². The van der Waals surface area contributed by atoms with Gasteiger partial charge in [0.2, 0.25) is 0 Å². The topological polar surface area (TPSA) is 75.5 Å². The lowest BCUT2D eigenvalue weighted by Crippen LogP contribution is -2.28. The van der Waals surface area contributed by atoms with Gasteiger partial charge in [-0.2, -0.15) is 0 Å². The maximum atomic E-state index is 12.6. The molecule has 6 nitrogen and oxygen atoms in total. The van der Waals surface area contributed by atoms with Crippen molar-refractivity contribution < 1.29 is 8.42 Å². The molecule has 1 saturated carbocycles. The van der Waals surface area contributed by atoms with Crippen molar-refractivity contribution in [2.75, 3.05) is 11.9 Å². The third-order valence-electron chi connectivity index (χ3n) is 3.50. The van der Waals surface area contributed by atoms with Crippen LogP contribution in [0.25, 0.3) is 5.65 Å². The highest BCUT2D eigenvalue weighted by molar-refractivity contribution is 7.89. The van der Waals surface area contributed by atoms with Gasteiger partial charge in [-0.3, -0.25) is 4.40 Å². The van der Waals surface area contributed by atoms with E-state index in [2.05, 4.69) is 15.0 Å². The van der Waals surface area contributed by atoms with Crippen LogP contribution in [0.15, 0.2) is 29.4 Å². The molecule has 2 heterocycles. The zero-order valence-electron chi connectivity index (χ0n) is 11.5. The summed E-state index contributed by atoms with van der Waals surface area (Å²) in [5.41, 5.74) is 0.618. The van der Waals surface area contributed by atoms with Crippen molar-refractivity contribution in [3.05, 3.63) is 24.4 Å². The summed E-state index contributed by atoms with van der Waals surface area (Å²) in [7, 11) is -3.58. The van der Waals surface area contributed by atoms with E-state index in [0.717, 1.165) is 6.42 Å². The van der Waals surface area contributed by atoms with Crippen molar-refractivity contribution in [2.45, 2.75) is 31.3 Å². The summed E-state index contributed by atoms with van der Waals surface area (Å²) in [4.78, 5) is 4.35. The Morgan fingerprint density at radius 1 is 1.45 bits per heavy atom. The summed E-state index contributed by atoms with van der Waals surface area (Å²) in [6.45, 7) is 4.57.